The number of para-hydroxylation sites is 2. The van der Waals surface area contributed by atoms with Gasteiger partial charge in [-0.15, -0.1) is 22.7 Å². The van der Waals surface area contributed by atoms with Crippen LogP contribution in [0, 0.1) is 0 Å². The Balaban J connectivity index is 0.778. The first-order valence-electron chi connectivity index (χ1n) is 31.4. The van der Waals surface area contributed by atoms with E-state index in [0.29, 0.717) is 34.9 Å². The van der Waals surface area contributed by atoms with Gasteiger partial charge in [-0.1, -0.05) is 206 Å². The summed E-state index contributed by atoms with van der Waals surface area (Å²) in [7, 11) is 0. The summed E-state index contributed by atoms with van der Waals surface area (Å²) < 4.78 is 9.84. The molecule has 6 heterocycles. The Bertz CT molecular complexity index is 6140. The summed E-state index contributed by atoms with van der Waals surface area (Å²) in [4.78, 5) is 31.3. The average Bonchev–Trinajstić information content (AvgIpc) is 1.55. The Kier molecular flexibility index (Phi) is 12.5. The van der Waals surface area contributed by atoms with E-state index in [2.05, 4.69) is 234 Å². The smallest absolute Gasteiger partial charge is 0.164 e. The third-order valence-corrected chi connectivity index (χ3v) is 20.6. The van der Waals surface area contributed by atoms with Crippen molar-refractivity contribution in [3.63, 3.8) is 0 Å². The lowest BCUT2D eigenvalue weighted by molar-refractivity contribution is 1.07. The lowest BCUT2D eigenvalue weighted by atomic mass is 9.92. The first-order chi connectivity index (χ1) is 46.6. The number of nitrogens with zero attached hydrogens (tertiary/aromatic N) is 8. The van der Waals surface area contributed by atoms with Gasteiger partial charge in [-0.05, 0) is 119 Å². The molecule has 94 heavy (non-hydrogen) atoms. The predicted molar refractivity (Wildman–Crippen MR) is 391 cm³/mol. The van der Waals surface area contributed by atoms with Gasteiger partial charge < -0.3 is 9.13 Å². The zero-order valence-electron chi connectivity index (χ0n) is 50.3. The number of fused-ring (bicyclic) bond motifs is 14. The molecule has 0 radical (unpaired) electrons. The van der Waals surface area contributed by atoms with Gasteiger partial charge in [0, 0.05) is 97.2 Å². The van der Waals surface area contributed by atoms with E-state index in [0.717, 1.165) is 94.3 Å². The quantitative estimate of drug-likeness (QED) is 0.136. The predicted octanol–water partition coefficient (Wildman–Crippen LogP) is 22.3. The zero-order valence-corrected chi connectivity index (χ0v) is 51.9. The third-order valence-electron chi connectivity index (χ3n) is 18.2. The Morgan fingerprint density at radius 2 is 0.585 bits per heavy atom. The molecule has 0 aliphatic carbocycles. The standard InChI is InChI=1S/C84H50N8S2/c1-5-21-51(22-6-1)57-47-58(49-59(48-57)84-89-81(54-27-11-4-12-28-54)88-83(90-84)56-37-41-60(42-38-56)91-70-33-17-13-29-62(70)65-45-46-66-64-31-15-19-35-72(64)93-77(66)75(65)91)68-50-69-63-30-14-18-34-71(63)92(76(69)78-74(68)67-32-16-20-36-73(67)94-78)61-43-39-55(40-44-61)82-86-79(52-23-7-2-8-24-52)85-80(87-82)53-25-9-3-10-26-53/h1-50H. The van der Waals surface area contributed by atoms with E-state index in [9.17, 15) is 0 Å². The molecule has 0 saturated carbocycles. The van der Waals surface area contributed by atoms with Gasteiger partial charge in [0.15, 0.2) is 34.9 Å². The molecular weight excluding hydrogens is 1190 g/mol. The normalized spacial score (nSPS) is 11.8. The van der Waals surface area contributed by atoms with Crippen molar-refractivity contribution in [1.82, 2.24) is 39.0 Å². The minimum absolute atomic E-state index is 0.582. The highest BCUT2D eigenvalue weighted by Gasteiger charge is 2.25. The van der Waals surface area contributed by atoms with Gasteiger partial charge in [0.1, 0.15) is 0 Å². The van der Waals surface area contributed by atoms with Crippen LogP contribution in [0.1, 0.15) is 0 Å². The van der Waals surface area contributed by atoms with Crippen LogP contribution < -0.4 is 0 Å². The summed E-state index contributed by atoms with van der Waals surface area (Å²) in [5, 5.41) is 9.72. The lowest BCUT2D eigenvalue weighted by Gasteiger charge is -2.15. The maximum Gasteiger partial charge on any atom is 0.164 e. The first kappa shape index (κ1) is 53.7. The molecular formula is C84H50N8S2. The van der Waals surface area contributed by atoms with Gasteiger partial charge in [-0.2, -0.15) is 0 Å². The first-order valence-corrected chi connectivity index (χ1v) is 33.0. The van der Waals surface area contributed by atoms with E-state index in [1.54, 1.807) is 0 Å². The van der Waals surface area contributed by atoms with Crippen LogP contribution in [0.25, 0.3) is 186 Å². The van der Waals surface area contributed by atoms with Gasteiger partial charge in [-0.3, -0.25) is 0 Å². The van der Waals surface area contributed by atoms with E-state index >= 15 is 0 Å². The van der Waals surface area contributed by atoms with Crippen molar-refractivity contribution in [3.8, 4) is 102 Å². The highest BCUT2D eigenvalue weighted by atomic mass is 32.1. The molecule has 6 aromatic heterocycles. The summed E-state index contributed by atoms with van der Waals surface area (Å²) in [5.41, 5.74) is 16.5. The van der Waals surface area contributed by atoms with Gasteiger partial charge in [0.25, 0.3) is 0 Å². The molecule has 0 unspecified atom stereocenters. The van der Waals surface area contributed by atoms with Crippen LogP contribution >= 0.6 is 22.7 Å². The molecule has 0 saturated heterocycles. The van der Waals surface area contributed by atoms with Crippen molar-refractivity contribution in [3.05, 3.63) is 303 Å². The highest BCUT2D eigenvalue weighted by Crippen LogP contribution is 2.49. The molecule has 19 aromatic rings. The Labute approximate surface area is 547 Å². The molecule has 0 N–H and O–H groups in total. The van der Waals surface area contributed by atoms with Crippen molar-refractivity contribution in [2.24, 2.45) is 0 Å². The molecule has 0 atom stereocenters. The maximum absolute atomic E-state index is 5.48. The largest absolute Gasteiger partial charge is 0.308 e. The fourth-order valence-corrected chi connectivity index (χ4v) is 16.3. The second-order valence-electron chi connectivity index (χ2n) is 23.7. The van der Waals surface area contributed by atoms with Crippen LogP contribution in [-0.2, 0) is 0 Å². The monoisotopic (exact) mass is 1230 g/mol. The summed E-state index contributed by atoms with van der Waals surface area (Å²) in [6.45, 7) is 0. The molecule has 438 valence electrons. The molecule has 0 fully saturated rings. The number of aromatic nitrogens is 8. The molecule has 0 aliphatic rings. The van der Waals surface area contributed by atoms with Gasteiger partial charge in [0.05, 0.1) is 31.5 Å². The number of thiophene rings is 2. The second-order valence-corrected chi connectivity index (χ2v) is 25.8. The molecule has 0 spiro atoms. The summed E-state index contributed by atoms with van der Waals surface area (Å²) in [6, 6.07) is 108. The van der Waals surface area contributed by atoms with E-state index < -0.39 is 0 Å². The minimum Gasteiger partial charge on any atom is -0.308 e. The number of hydrogen-bond acceptors (Lipinski definition) is 8. The zero-order chi connectivity index (χ0) is 61.8. The van der Waals surface area contributed by atoms with Crippen LogP contribution in [0.2, 0.25) is 0 Å². The molecule has 13 aromatic carbocycles. The number of hydrogen-bond donors (Lipinski definition) is 0. The third kappa shape index (κ3) is 8.87. The van der Waals surface area contributed by atoms with Crippen LogP contribution in [-0.4, -0.2) is 39.0 Å². The van der Waals surface area contributed by atoms with Crippen LogP contribution in [0.3, 0.4) is 0 Å². The molecule has 8 nitrogen and oxygen atoms in total. The van der Waals surface area contributed by atoms with E-state index in [-0.39, 0.29) is 0 Å². The Morgan fingerprint density at radius 1 is 0.223 bits per heavy atom. The van der Waals surface area contributed by atoms with Crippen molar-refractivity contribution in [2.75, 3.05) is 0 Å². The average molecular weight is 1240 g/mol. The van der Waals surface area contributed by atoms with Crippen molar-refractivity contribution in [1.29, 1.82) is 0 Å². The lowest BCUT2D eigenvalue weighted by Crippen LogP contribution is -2.01. The van der Waals surface area contributed by atoms with Gasteiger partial charge in [-0.25, -0.2) is 29.9 Å². The molecule has 19 rings (SSSR count). The van der Waals surface area contributed by atoms with E-state index in [1.165, 1.54) is 56.6 Å². The second kappa shape index (κ2) is 21.8. The fourth-order valence-electron chi connectivity index (χ4n) is 13.8. The molecule has 0 bridgehead atoms. The summed E-state index contributed by atoms with van der Waals surface area (Å²) in [5.74, 6) is 3.63. The minimum atomic E-state index is 0.582. The topological polar surface area (TPSA) is 87.2 Å². The van der Waals surface area contributed by atoms with Gasteiger partial charge in [0.2, 0.25) is 0 Å². The van der Waals surface area contributed by atoms with Crippen molar-refractivity contribution < 1.29 is 0 Å². The molecule has 10 heteroatoms. The number of benzene rings is 13. The molecule has 0 amide bonds. The number of rotatable bonds is 10. The van der Waals surface area contributed by atoms with Crippen LogP contribution in [0.4, 0.5) is 0 Å². The van der Waals surface area contributed by atoms with Crippen LogP contribution in [0.15, 0.2) is 303 Å². The van der Waals surface area contributed by atoms with Crippen molar-refractivity contribution in [2.45, 2.75) is 0 Å². The summed E-state index contributed by atoms with van der Waals surface area (Å²) >= 11 is 3.70. The van der Waals surface area contributed by atoms with Crippen LogP contribution in [0.5, 0.6) is 0 Å². The van der Waals surface area contributed by atoms with Gasteiger partial charge >= 0.3 is 0 Å². The maximum atomic E-state index is 5.48. The Hall–Kier alpha value is -12.1. The van der Waals surface area contributed by atoms with Crippen molar-refractivity contribution >= 4 is 107 Å². The fraction of sp³-hybridized carbons (Fsp3) is 0. The highest BCUT2D eigenvalue weighted by molar-refractivity contribution is 7.27. The molecule has 0 aliphatic heterocycles. The summed E-state index contributed by atoms with van der Waals surface area (Å²) in [6.07, 6.45) is 0. The SMILES string of the molecule is c1ccc(-c2cc(-c3nc(-c4ccccc4)nc(-c4ccc(-n5c6ccccc6c6ccc7c8ccccc8sc7c65)cc4)n3)cc(-c3cc4c5ccccc5n(-c5ccc(-c6nc(-c7ccccc7)nc(-c7ccccc7)n6)cc5)c4c4sc5ccccc5c34)c2)cc1. The van der Waals surface area contributed by atoms with E-state index in [1.807, 2.05) is 102 Å². The Morgan fingerprint density at radius 3 is 1.11 bits per heavy atom. The van der Waals surface area contributed by atoms with E-state index in [4.69, 9.17) is 29.9 Å².